The summed E-state index contributed by atoms with van der Waals surface area (Å²) in [7, 11) is 1.61. The molecule has 0 N–H and O–H groups in total. The molecule has 31 heavy (non-hydrogen) atoms. The van der Waals surface area contributed by atoms with E-state index in [0.29, 0.717) is 22.7 Å². The molecule has 0 unspecified atom stereocenters. The first kappa shape index (κ1) is 20.5. The Balaban J connectivity index is 1.52. The van der Waals surface area contributed by atoms with Crippen LogP contribution in [-0.4, -0.2) is 23.2 Å². The van der Waals surface area contributed by atoms with Gasteiger partial charge in [0.05, 0.1) is 22.2 Å². The summed E-state index contributed by atoms with van der Waals surface area (Å²) in [6.45, 7) is 0. The molecule has 0 aliphatic heterocycles. The molecule has 0 amide bonds. The Bertz CT molecular complexity index is 1330. The van der Waals surface area contributed by atoms with Gasteiger partial charge in [-0.3, -0.25) is 15.1 Å². The van der Waals surface area contributed by atoms with Gasteiger partial charge in [-0.15, -0.1) is 0 Å². The summed E-state index contributed by atoms with van der Waals surface area (Å²) in [6.07, 6.45) is 5.11. The third-order valence-electron chi connectivity index (χ3n) is 4.45. The van der Waals surface area contributed by atoms with E-state index in [1.165, 1.54) is 12.1 Å². The predicted molar refractivity (Wildman–Crippen MR) is 124 cm³/mol. The van der Waals surface area contributed by atoms with Gasteiger partial charge in [0.25, 0.3) is 5.69 Å². The van der Waals surface area contributed by atoms with Crippen molar-refractivity contribution in [1.29, 1.82) is 0 Å². The molecule has 154 valence electrons. The van der Waals surface area contributed by atoms with E-state index in [9.17, 15) is 10.1 Å². The van der Waals surface area contributed by atoms with Crippen LogP contribution in [0.2, 0.25) is 0 Å². The summed E-state index contributed by atoms with van der Waals surface area (Å²) in [6, 6.07) is 17.5. The molecule has 0 fully saturated rings. The molecule has 8 heteroatoms. The largest absolute Gasteiger partial charge is 0.496 e. The predicted octanol–water partition coefficient (Wildman–Crippen LogP) is 6.59. The van der Waals surface area contributed by atoms with E-state index in [0.717, 1.165) is 21.3 Å². The van der Waals surface area contributed by atoms with Crippen LogP contribution >= 0.6 is 15.9 Å². The third kappa shape index (κ3) is 4.70. The second-order valence-electron chi connectivity index (χ2n) is 6.51. The average molecular weight is 478 g/mol. The van der Waals surface area contributed by atoms with Crippen molar-refractivity contribution >= 4 is 50.7 Å². The second kappa shape index (κ2) is 8.93. The molecule has 0 saturated carbocycles. The van der Waals surface area contributed by atoms with E-state index in [4.69, 9.17) is 9.15 Å². The van der Waals surface area contributed by atoms with Crippen LogP contribution in [0.3, 0.4) is 0 Å². The molecule has 4 aromatic rings. The molecule has 1 aromatic heterocycles. The van der Waals surface area contributed by atoms with E-state index in [1.54, 1.807) is 37.6 Å². The maximum atomic E-state index is 10.8. The number of halogens is 1. The summed E-state index contributed by atoms with van der Waals surface area (Å²) in [5, 5.41) is 10.8. The first-order valence-electron chi connectivity index (χ1n) is 9.23. The number of nitro benzene ring substituents is 1. The van der Waals surface area contributed by atoms with Crippen LogP contribution in [0.4, 0.5) is 11.4 Å². The summed E-state index contributed by atoms with van der Waals surface area (Å²) in [5.74, 6) is 1.24. The number of ether oxygens (including phenoxy) is 1. The third-order valence-corrected chi connectivity index (χ3v) is 5.07. The highest BCUT2D eigenvalue weighted by Gasteiger charge is 2.11. The van der Waals surface area contributed by atoms with Crippen molar-refractivity contribution in [2.45, 2.75) is 0 Å². The van der Waals surface area contributed by atoms with E-state index in [2.05, 4.69) is 25.9 Å². The summed E-state index contributed by atoms with van der Waals surface area (Å²) in [4.78, 5) is 19.4. The normalized spacial score (nSPS) is 11.5. The Morgan fingerprint density at radius 2 is 2.03 bits per heavy atom. The van der Waals surface area contributed by atoms with Crippen LogP contribution < -0.4 is 4.74 Å². The SMILES string of the molecule is COc1ccc(-c2nc3cc(N=CC=Cc4cccc([N+](=O)[O-])c4)ccc3o2)cc1Br. The highest BCUT2D eigenvalue weighted by molar-refractivity contribution is 9.10. The number of hydrogen-bond acceptors (Lipinski definition) is 6. The molecule has 0 atom stereocenters. The van der Waals surface area contributed by atoms with Crippen LogP contribution in [0.25, 0.3) is 28.6 Å². The smallest absolute Gasteiger partial charge is 0.270 e. The van der Waals surface area contributed by atoms with Crippen molar-refractivity contribution in [2.24, 2.45) is 4.99 Å². The van der Waals surface area contributed by atoms with Crippen molar-refractivity contribution < 1.29 is 14.1 Å². The van der Waals surface area contributed by atoms with Crippen molar-refractivity contribution in [3.8, 4) is 17.2 Å². The van der Waals surface area contributed by atoms with Crippen LogP contribution in [0.15, 0.2) is 80.6 Å². The number of benzene rings is 3. The fourth-order valence-corrected chi connectivity index (χ4v) is 3.48. The van der Waals surface area contributed by atoms with Gasteiger partial charge >= 0.3 is 0 Å². The lowest BCUT2D eigenvalue weighted by Crippen LogP contribution is -1.87. The van der Waals surface area contributed by atoms with Gasteiger partial charge in [0, 0.05) is 23.9 Å². The fourth-order valence-electron chi connectivity index (χ4n) is 2.94. The number of aromatic nitrogens is 1. The van der Waals surface area contributed by atoms with Gasteiger partial charge in [0.2, 0.25) is 5.89 Å². The number of hydrogen-bond donors (Lipinski definition) is 0. The molecular weight excluding hydrogens is 462 g/mol. The summed E-state index contributed by atoms with van der Waals surface area (Å²) in [5.41, 5.74) is 3.67. The minimum absolute atomic E-state index is 0.0512. The molecular formula is C23H16BrN3O4. The number of non-ortho nitro benzene ring substituents is 1. The average Bonchev–Trinajstić information content (AvgIpc) is 3.20. The first-order chi connectivity index (χ1) is 15.0. The first-order valence-corrected chi connectivity index (χ1v) is 10.0. The number of oxazole rings is 1. The highest BCUT2D eigenvalue weighted by atomic mass is 79.9. The topological polar surface area (TPSA) is 90.8 Å². The lowest BCUT2D eigenvalue weighted by atomic mass is 10.2. The molecule has 1 heterocycles. The van der Waals surface area contributed by atoms with Gasteiger partial charge in [-0.25, -0.2) is 4.98 Å². The Kier molecular flexibility index (Phi) is 5.90. The highest BCUT2D eigenvalue weighted by Crippen LogP contribution is 2.32. The number of nitrogens with zero attached hydrogens (tertiary/aromatic N) is 3. The van der Waals surface area contributed by atoms with Crippen LogP contribution in [0.1, 0.15) is 5.56 Å². The van der Waals surface area contributed by atoms with Gasteiger partial charge in [0.1, 0.15) is 11.3 Å². The Labute approximate surface area is 186 Å². The van der Waals surface area contributed by atoms with E-state index in [-0.39, 0.29) is 5.69 Å². The zero-order valence-corrected chi connectivity index (χ0v) is 17.9. The summed E-state index contributed by atoms with van der Waals surface area (Å²) >= 11 is 3.47. The van der Waals surface area contributed by atoms with E-state index < -0.39 is 4.92 Å². The number of fused-ring (bicyclic) bond motifs is 1. The zero-order valence-electron chi connectivity index (χ0n) is 16.4. The molecule has 0 aliphatic rings. The maximum absolute atomic E-state index is 10.8. The van der Waals surface area contributed by atoms with Gasteiger partial charge in [-0.05, 0) is 64.0 Å². The van der Waals surface area contributed by atoms with E-state index >= 15 is 0 Å². The van der Waals surface area contributed by atoms with Crippen molar-refractivity contribution in [1.82, 2.24) is 4.98 Å². The molecule has 3 aromatic carbocycles. The standard InChI is InChI=1S/C23H16BrN3O4/c1-30-21-9-7-16(13-19(21)24)23-26-20-14-17(8-10-22(20)31-23)25-11-3-5-15-4-2-6-18(12-15)27(28)29/h2-14H,1H3. The van der Waals surface area contributed by atoms with Crippen molar-refractivity contribution in [3.05, 3.63) is 86.9 Å². The van der Waals surface area contributed by atoms with Gasteiger partial charge in [-0.1, -0.05) is 18.2 Å². The lowest BCUT2D eigenvalue weighted by molar-refractivity contribution is -0.384. The zero-order chi connectivity index (χ0) is 21.8. The molecule has 0 spiro atoms. The van der Waals surface area contributed by atoms with Crippen molar-refractivity contribution in [2.75, 3.05) is 7.11 Å². The minimum Gasteiger partial charge on any atom is -0.496 e. The number of nitro groups is 1. The Hall–Kier alpha value is -3.78. The fraction of sp³-hybridized carbons (Fsp3) is 0.0435. The van der Waals surface area contributed by atoms with Crippen molar-refractivity contribution in [3.63, 3.8) is 0 Å². The number of methoxy groups -OCH3 is 1. The minimum atomic E-state index is -0.419. The van der Waals surface area contributed by atoms with Crippen LogP contribution in [0, 0.1) is 10.1 Å². The number of aliphatic imine (C=N–C) groups is 1. The quantitative estimate of drug-likeness (QED) is 0.177. The van der Waals surface area contributed by atoms with Crippen LogP contribution in [-0.2, 0) is 0 Å². The molecule has 0 saturated heterocycles. The van der Waals surface area contributed by atoms with Gasteiger partial charge in [0.15, 0.2) is 5.58 Å². The number of allylic oxidation sites excluding steroid dienone is 1. The molecule has 0 radical (unpaired) electrons. The van der Waals surface area contributed by atoms with Crippen LogP contribution in [0.5, 0.6) is 5.75 Å². The Morgan fingerprint density at radius 3 is 2.81 bits per heavy atom. The second-order valence-corrected chi connectivity index (χ2v) is 7.36. The maximum Gasteiger partial charge on any atom is 0.270 e. The monoisotopic (exact) mass is 477 g/mol. The molecule has 0 aliphatic carbocycles. The molecule has 7 nitrogen and oxygen atoms in total. The lowest BCUT2D eigenvalue weighted by Gasteiger charge is -2.03. The Morgan fingerprint density at radius 1 is 1.16 bits per heavy atom. The van der Waals surface area contributed by atoms with Gasteiger partial charge < -0.3 is 9.15 Å². The van der Waals surface area contributed by atoms with E-state index in [1.807, 2.05) is 36.4 Å². The number of rotatable bonds is 6. The summed E-state index contributed by atoms with van der Waals surface area (Å²) < 4.78 is 11.9. The molecule has 4 rings (SSSR count). The van der Waals surface area contributed by atoms with Gasteiger partial charge in [-0.2, -0.15) is 0 Å². The molecule has 0 bridgehead atoms.